The van der Waals surface area contributed by atoms with Crippen molar-refractivity contribution in [1.82, 2.24) is 0 Å². The fourth-order valence-corrected chi connectivity index (χ4v) is 1.90. The van der Waals surface area contributed by atoms with E-state index in [9.17, 15) is 50.4 Å². The second-order valence-corrected chi connectivity index (χ2v) is 4.55. The first kappa shape index (κ1) is 24.8. The Morgan fingerprint density at radius 2 is 0.633 bits per heavy atom. The highest BCUT2D eigenvalue weighted by molar-refractivity contribution is 5.67. The van der Waals surface area contributed by atoms with E-state index < -0.39 is 69.4 Å². The monoisotopic (exact) mass is 432 g/mol. The molecule has 0 saturated heterocycles. The maximum Gasteiger partial charge on any atom is 0.303 e. The minimum atomic E-state index is -2.17. The van der Waals surface area contributed by atoms with Crippen molar-refractivity contribution in [1.29, 1.82) is 0 Å². The molecule has 0 amide bonds. The van der Waals surface area contributed by atoms with E-state index in [-0.39, 0.29) is 0 Å². The van der Waals surface area contributed by atoms with E-state index in [2.05, 4.69) is 9.98 Å². The lowest BCUT2D eigenvalue weighted by Crippen LogP contribution is -2.13. The van der Waals surface area contributed by atoms with Gasteiger partial charge < -0.3 is 61.3 Å². The molecule has 12 N–H and O–H groups in total. The highest BCUT2D eigenvalue weighted by Crippen LogP contribution is 2.39. The largest absolute Gasteiger partial charge is 0.481 e. The molecule has 30 heavy (non-hydrogen) atoms. The number of aliphatic hydroxyl groups is 12. The van der Waals surface area contributed by atoms with Crippen LogP contribution in [0.1, 0.15) is 0 Å². The molecule has 0 rings (SSSR count). The van der Waals surface area contributed by atoms with Crippen LogP contribution in [0.3, 0.4) is 0 Å². The van der Waals surface area contributed by atoms with Crippen molar-refractivity contribution >= 4 is 12.2 Å². The topological polar surface area (TPSA) is 302 Å². The molecule has 0 unspecified atom stereocenters. The van der Waals surface area contributed by atoms with E-state index in [1.807, 2.05) is 0 Å². The van der Waals surface area contributed by atoms with Crippen LogP contribution in [-0.4, -0.2) is 73.4 Å². The van der Waals surface area contributed by atoms with Crippen molar-refractivity contribution in [3.8, 4) is 0 Å². The van der Waals surface area contributed by atoms with Gasteiger partial charge in [-0.15, -0.1) is 0 Å². The Morgan fingerprint density at radius 3 is 0.767 bits per heavy atom. The highest BCUT2D eigenvalue weighted by Gasteiger charge is 2.36. The highest BCUT2D eigenvalue weighted by atomic mass is 16.5. The number of rotatable bonds is 7. The molecule has 0 aliphatic heterocycles. The maximum absolute atomic E-state index is 10.5. The van der Waals surface area contributed by atoms with E-state index in [4.69, 9.17) is 20.4 Å². The quantitative estimate of drug-likeness (QED) is 0.117. The normalized spacial score (nSPS) is 8.93. The molecular weight excluding hydrogens is 420 g/mol. The minimum Gasteiger partial charge on any atom is -0.481 e. The lowest BCUT2D eigenvalue weighted by Gasteiger charge is -2.17. The Hall–Kier alpha value is -5.20. The van der Waals surface area contributed by atoms with Gasteiger partial charge >= 0.3 is 11.9 Å². The standard InChI is InChI=1S/C14H12N2O14/c17-1-15-7(13(27)28)5(11(23)24)3(9(19)20)4(10(21)22)6(12(25)26)8(14(29)30)16-2-18/h19-30H. The van der Waals surface area contributed by atoms with Crippen LogP contribution in [0.4, 0.5) is 0 Å². The number of aliphatic imine (C=N–C) groups is 2. The molecule has 0 atom stereocenters. The predicted octanol–water partition coefficient (Wildman–Crippen LogP) is 1.54. The molecule has 0 aromatic heterocycles. The summed E-state index contributed by atoms with van der Waals surface area (Å²) in [4.78, 5) is 26.2. The lowest BCUT2D eigenvalue weighted by atomic mass is 9.90. The van der Waals surface area contributed by atoms with Gasteiger partial charge in [0.2, 0.25) is 12.2 Å². The summed E-state index contributed by atoms with van der Waals surface area (Å²) in [5, 5.41) is 112. The molecule has 0 spiro atoms. The van der Waals surface area contributed by atoms with Crippen LogP contribution in [-0.2, 0) is 9.59 Å². The summed E-state index contributed by atoms with van der Waals surface area (Å²) in [7, 11) is 0. The maximum atomic E-state index is 10.5. The fraction of sp³-hybridized carbons (Fsp3) is 0. The summed E-state index contributed by atoms with van der Waals surface area (Å²) in [5.74, 6) is -12.6. The van der Waals surface area contributed by atoms with E-state index in [1.54, 1.807) is 0 Å². The van der Waals surface area contributed by atoms with Crippen molar-refractivity contribution in [2.45, 2.75) is 0 Å². The van der Waals surface area contributed by atoms with Crippen molar-refractivity contribution < 1.29 is 70.9 Å². The van der Waals surface area contributed by atoms with Gasteiger partial charge in [0.25, 0.3) is 23.8 Å². The average Bonchev–Trinajstić information content (AvgIpc) is 2.60. The summed E-state index contributed by atoms with van der Waals surface area (Å²) in [6.45, 7) is 0. The molecular formula is C14H12N2O14. The van der Waals surface area contributed by atoms with Gasteiger partial charge in [-0.1, -0.05) is 0 Å². The van der Waals surface area contributed by atoms with Crippen LogP contribution in [0.15, 0.2) is 79.3 Å². The van der Waals surface area contributed by atoms with Gasteiger partial charge in [-0.2, -0.15) is 9.98 Å². The molecule has 0 saturated carbocycles. The number of aliphatic hydroxyl groups excluding tert-OH is 6. The summed E-state index contributed by atoms with van der Waals surface area (Å²) < 4.78 is 0. The number of carbonyl (C=O) groups excluding carboxylic acids is 2. The zero-order chi connectivity index (χ0) is 23.8. The van der Waals surface area contributed by atoms with Gasteiger partial charge in [0.1, 0.15) is 11.1 Å². The second kappa shape index (κ2) is 10.2. The van der Waals surface area contributed by atoms with Gasteiger partial charge in [0.15, 0.2) is 11.4 Å². The van der Waals surface area contributed by atoms with Crippen LogP contribution < -0.4 is 0 Å². The summed E-state index contributed by atoms with van der Waals surface area (Å²) in [6, 6.07) is 0. The first-order chi connectivity index (χ1) is 13.8. The van der Waals surface area contributed by atoms with Crippen LogP contribution in [0.2, 0.25) is 0 Å². The SMILES string of the molecule is O=C=NC(=C(O)O)C(=C(O)O)C(=C(O)O)C(=C(O)O)C(=C(O)O)C(N=C=O)=C(O)O. The molecule has 0 aliphatic carbocycles. The first-order valence-electron chi connectivity index (χ1n) is 6.74. The molecule has 16 nitrogen and oxygen atoms in total. The Bertz CT molecular complexity index is 907. The molecule has 16 heteroatoms. The van der Waals surface area contributed by atoms with E-state index in [0.717, 1.165) is 0 Å². The molecule has 0 aliphatic rings. The van der Waals surface area contributed by atoms with Gasteiger partial charge in [-0.25, -0.2) is 9.59 Å². The third-order valence-corrected chi connectivity index (χ3v) is 2.86. The van der Waals surface area contributed by atoms with Crippen molar-refractivity contribution in [3.63, 3.8) is 0 Å². The lowest BCUT2D eigenvalue weighted by molar-refractivity contribution is 0.161. The number of isocyanates is 2. The molecule has 0 heterocycles. The Balaban J connectivity index is 7.76. The number of hydrogen-bond acceptors (Lipinski definition) is 16. The zero-order valence-electron chi connectivity index (χ0n) is 14.1. The van der Waals surface area contributed by atoms with Crippen molar-refractivity contribution in [2.75, 3.05) is 0 Å². The van der Waals surface area contributed by atoms with Gasteiger partial charge in [0, 0.05) is 0 Å². The van der Waals surface area contributed by atoms with E-state index >= 15 is 0 Å². The molecule has 0 aromatic rings. The Labute approximate surface area is 163 Å². The first-order valence-corrected chi connectivity index (χ1v) is 6.74. The van der Waals surface area contributed by atoms with E-state index in [1.165, 1.54) is 0 Å². The van der Waals surface area contributed by atoms with Crippen LogP contribution >= 0.6 is 0 Å². The van der Waals surface area contributed by atoms with Gasteiger partial charge in [0.05, 0.1) is 11.1 Å². The summed E-state index contributed by atoms with van der Waals surface area (Å²) >= 11 is 0. The van der Waals surface area contributed by atoms with Gasteiger partial charge in [-0.3, -0.25) is 0 Å². The molecule has 0 radical (unpaired) electrons. The fourth-order valence-electron chi connectivity index (χ4n) is 1.90. The Kier molecular flexibility index (Phi) is 8.45. The van der Waals surface area contributed by atoms with Crippen molar-refractivity contribution in [2.24, 2.45) is 9.98 Å². The Morgan fingerprint density at radius 1 is 0.400 bits per heavy atom. The van der Waals surface area contributed by atoms with Crippen molar-refractivity contribution in [3.05, 3.63) is 69.4 Å². The number of allylic oxidation sites excluding steroid dienone is 2. The summed E-state index contributed by atoms with van der Waals surface area (Å²) in [6.07, 6.45) is 1.41. The zero-order valence-corrected chi connectivity index (χ0v) is 14.1. The average molecular weight is 432 g/mol. The third-order valence-electron chi connectivity index (χ3n) is 2.86. The summed E-state index contributed by atoms with van der Waals surface area (Å²) in [5.41, 5.74) is -10.1. The molecule has 0 fully saturated rings. The third kappa shape index (κ3) is 5.40. The van der Waals surface area contributed by atoms with Crippen LogP contribution in [0, 0.1) is 0 Å². The second-order valence-electron chi connectivity index (χ2n) is 4.55. The smallest absolute Gasteiger partial charge is 0.303 e. The number of hydrogen-bond donors (Lipinski definition) is 12. The molecule has 0 bridgehead atoms. The molecule has 0 aromatic carbocycles. The van der Waals surface area contributed by atoms with E-state index in [0.29, 0.717) is 12.2 Å². The predicted molar refractivity (Wildman–Crippen MR) is 89.9 cm³/mol. The van der Waals surface area contributed by atoms with Crippen LogP contribution in [0.5, 0.6) is 0 Å². The van der Waals surface area contributed by atoms with Gasteiger partial charge in [-0.05, 0) is 0 Å². The van der Waals surface area contributed by atoms with Crippen LogP contribution in [0.25, 0.3) is 0 Å². The molecule has 162 valence electrons. The minimum absolute atomic E-state index is 0.704. The number of nitrogens with zero attached hydrogens (tertiary/aromatic N) is 2.